The predicted octanol–water partition coefficient (Wildman–Crippen LogP) is 2.42. The standard InChI is InChI=1S/C17H20N4O2S/c1-3-21(4-2)13-6-8-15-17(10-13)20-16-9-12(11-24(18,22)23)5-7-14(16)19-15/h5-10H,3-4,11H2,1-2H3,(H2,18,22,23). The van der Waals surface area contributed by atoms with Crippen molar-refractivity contribution in [3.63, 3.8) is 0 Å². The monoisotopic (exact) mass is 344 g/mol. The lowest BCUT2D eigenvalue weighted by Crippen LogP contribution is -2.21. The van der Waals surface area contributed by atoms with Crippen molar-refractivity contribution in [2.75, 3.05) is 18.0 Å². The third-order valence-corrected chi connectivity index (χ3v) is 4.71. The third-order valence-electron chi connectivity index (χ3n) is 3.98. The van der Waals surface area contributed by atoms with Gasteiger partial charge in [0.1, 0.15) is 0 Å². The number of hydrogen-bond donors (Lipinski definition) is 1. The van der Waals surface area contributed by atoms with E-state index >= 15 is 0 Å². The Hall–Kier alpha value is -2.25. The maximum atomic E-state index is 11.3. The summed E-state index contributed by atoms with van der Waals surface area (Å²) in [5, 5.41) is 5.12. The number of fused-ring (bicyclic) bond motifs is 2. The summed E-state index contributed by atoms with van der Waals surface area (Å²) >= 11 is 0. The molecule has 126 valence electrons. The largest absolute Gasteiger partial charge is 0.372 e. The zero-order valence-corrected chi connectivity index (χ0v) is 14.5. The van der Waals surface area contributed by atoms with Crippen LogP contribution >= 0.6 is 0 Å². The van der Waals surface area contributed by atoms with Crippen molar-refractivity contribution in [1.29, 1.82) is 0 Å². The van der Waals surface area contributed by atoms with E-state index < -0.39 is 10.0 Å². The minimum Gasteiger partial charge on any atom is -0.372 e. The van der Waals surface area contributed by atoms with Crippen LogP contribution in [0, 0.1) is 0 Å². The van der Waals surface area contributed by atoms with Gasteiger partial charge in [-0.2, -0.15) is 0 Å². The molecule has 6 nitrogen and oxygen atoms in total. The first-order valence-corrected chi connectivity index (χ1v) is 9.57. The lowest BCUT2D eigenvalue weighted by atomic mass is 10.2. The lowest BCUT2D eigenvalue weighted by molar-refractivity contribution is 0.597. The van der Waals surface area contributed by atoms with Crippen LogP contribution in [-0.2, 0) is 15.8 Å². The molecule has 3 aromatic rings. The van der Waals surface area contributed by atoms with Crippen molar-refractivity contribution in [2.45, 2.75) is 19.6 Å². The summed E-state index contributed by atoms with van der Waals surface area (Å²) in [6.07, 6.45) is 0. The van der Waals surface area contributed by atoms with Crippen molar-refractivity contribution in [3.8, 4) is 0 Å². The molecule has 1 heterocycles. The summed E-state index contributed by atoms with van der Waals surface area (Å²) in [5.74, 6) is -0.206. The average molecular weight is 344 g/mol. The third kappa shape index (κ3) is 3.47. The molecule has 2 aromatic carbocycles. The molecule has 0 saturated heterocycles. The van der Waals surface area contributed by atoms with Gasteiger partial charge in [-0.1, -0.05) is 6.07 Å². The fraction of sp³-hybridized carbons (Fsp3) is 0.294. The SMILES string of the molecule is CCN(CC)c1ccc2nc3ccc(CS(N)(=O)=O)cc3nc2c1. The summed E-state index contributed by atoms with van der Waals surface area (Å²) in [7, 11) is -3.57. The highest BCUT2D eigenvalue weighted by molar-refractivity contribution is 7.88. The summed E-state index contributed by atoms with van der Waals surface area (Å²) in [6, 6.07) is 11.3. The molecule has 3 rings (SSSR count). The van der Waals surface area contributed by atoms with Crippen LogP contribution in [0.15, 0.2) is 36.4 Å². The molecule has 0 aliphatic carbocycles. The number of primary sulfonamides is 1. The Bertz CT molecular complexity index is 998. The van der Waals surface area contributed by atoms with Crippen molar-refractivity contribution in [3.05, 3.63) is 42.0 Å². The van der Waals surface area contributed by atoms with Crippen LogP contribution in [-0.4, -0.2) is 31.5 Å². The quantitative estimate of drug-likeness (QED) is 0.718. The van der Waals surface area contributed by atoms with Crippen molar-refractivity contribution >= 4 is 37.8 Å². The van der Waals surface area contributed by atoms with Gasteiger partial charge in [0.05, 0.1) is 27.8 Å². The van der Waals surface area contributed by atoms with E-state index in [4.69, 9.17) is 5.14 Å². The molecule has 0 bridgehead atoms. The van der Waals surface area contributed by atoms with Gasteiger partial charge in [0.25, 0.3) is 0 Å². The van der Waals surface area contributed by atoms with E-state index in [9.17, 15) is 8.42 Å². The van der Waals surface area contributed by atoms with Gasteiger partial charge in [0.2, 0.25) is 10.0 Å². The smallest absolute Gasteiger partial charge is 0.213 e. The van der Waals surface area contributed by atoms with E-state index in [0.717, 1.165) is 35.3 Å². The summed E-state index contributed by atoms with van der Waals surface area (Å²) in [4.78, 5) is 11.5. The summed E-state index contributed by atoms with van der Waals surface area (Å²) < 4.78 is 22.5. The Balaban J connectivity index is 2.11. The van der Waals surface area contributed by atoms with Crippen LogP contribution in [0.1, 0.15) is 19.4 Å². The van der Waals surface area contributed by atoms with E-state index in [1.807, 2.05) is 18.2 Å². The molecule has 0 atom stereocenters. The predicted molar refractivity (Wildman–Crippen MR) is 97.4 cm³/mol. The number of nitrogens with zero attached hydrogens (tertiary/aromatic N) is 3. The molecule has 0 fully saturated rings. The number of sulfonamides is 1. The first-order chi connectivity index (χ1) is 11.4. The number of rotatable bonds is 5. The second-order valence-electron chi connectivity index (χ2n) is 5.70. The van der Waals surface area contributed by atoms with E-state index in [1.54, 1.807) is 18.2 Å². The molecule has 0 aliphatic rings. The fourth-order valence-electron chi connectivity index (χ4n) is 2.82. The highest BCUT2D eigenvalue weighted by Gasteiger charge is 2.09. The van der Waals surface area contributed by atoms with Crippen LogP contribution in [0.25, 0.3) is 22.1 Å². The zero-order valence-electron chi connectivity index (χ0n) is 13.7. The van der Waals surface area contributed by atoms with E-state index in [2.05, 4.69) is 28.7 Å². The molecule has 0 radical (unpaired) electrons. The normalized spacial score (nSPS) is 12.0. The minimum absolute atomic E-state index is 0.206. The molecule has 2 N–H and O–H groups in total. The molecular formula is C17H20N4O2S. The van der Waals surface area contributed by atoms with Gasteiger partial charge in [-0.3, -0.25) is 0 Å². The highest BCUT2D eigenvalue weighted by atomic mass is 32.2. The Morgan fingerprint density at radius 2 is 1.50 bits per heavy atom. The number of anilines is 1. The number of hydrogen-bond acceptors (Lipinski definition) is 5. The second-order valence-corrected chi connectivity index (χ2v) is 7.31. The maximum absolute atomic E-state index is 11.3. The van der Waals surface area contributed by atoms with E-state index in [0.29, 0.717) is 11.1 Å². The fourth-order valence-corrected chi connectivity index (χ4v) is 3.46. The van der Waals surface area contributed by atoms with Crippen molar-refractivity contribution in [2.24, 2.45) is 5.14 Å². The van der Waals surface area contributed by atoms with Crippen LogP contribution in [0.2, 0.25) is 0 Å². The molecule has 0 unspecified atom stereocenters. The number of aromatic nitrogens is 2. The Morgan fingerprint density at radius 1 is 0.917 bits per heavy atom. The van der Waals surface area contributed by atoms with Gasteiger partial charge in [0, 0.05) is 18.8 Å². The molecule has 0 amide bonds. The number of benzene rings is 2. The van der Waals surface area contributed by atoms with Crippen LogP contribution in [0.3, 0.4) is 0 Å². The molecular weight excluding hydrogens is 324 g/mol. The van der Waals surface area contributed by atoms with Crippen LogP contribution in [0.4, 0.5) is 5.69 Å². The molecule has 0 spiro atoms. The molecule has 24 heavy (non-hydrogen) atoms. The minimum atomic E-state index is -3.57. The second kappa shape index (κ2) is 6.33. The Morgan fingerprint density at radius 3 is 2.12 bits per heavy atom. The van der Waals surface area contributed by atoms with Gasteiger partial charge in [-0.05, 0) is 49.7 Å². The van der Waals surface area contributed by atoms with Gasteiger partial charge < -0.3 is 4.90 Å². The van der Waals surface area contributed by atoms with Crippen LogP contribution < -0.4 is 10.0 Å². The maximum Gasteiger partial charge on any atom is 0.213 e. The highest BCUT2D eigenvalue weighted by Crippen LogP contribution is 2.23. The van der Waals surface area contributed by atoms with E-state index in [1.165, 1.54) is 0 Å². The van der Waals surface area contributed by atoms with Gasteiger partial charge in [-0.25, -0.2) is 23.5 Å². The lowest BCUT2D eigenvalue weighted by Gasteiger charge is -2.21. The first-order valence-electron chi connectivity index (χ1n) is 7.85. The molecule has 0 aliphatic heterocycles. The molecule has 7 heteroatoms. The van der Waals surface area contributed by atoms with Gasteiger partial charge >= 0.3 is 0 Å². The molecule has 0 saturated carbocycles. The zero-order chi connectivity index (χ0) is 17.3. The Kier molecular flexibility index (Phi) is 4.38. The molecule has 1 aromatic heterocycles. The van der Waals surface area contributed by atoms with Crippen LogP contribution in [0.5, 0.6) is 0 Å². The average Bonchev–Trinajstić information content (AvgIpc) is 2.52. The van der Waals surface area contributed by atoms with Gasteiger partial charge in [0.15, 0.2) is 0 Å². The summed E-state index contributed by atoms with van der Waals surface area (Å²) in [6.45, 7) is 6.06. The van der Waals surface area contributed by atoms with E-state index in [-0.39, 0.29) is 5.75 Å². The van der Waals surface area contributed by atoms with Crippen molar-refractivity contribution in [1.82, 2.24) is 9.97 Å². The summed E-state index contributed by atoms with van der Waals surface area (Å²) in [5.41, 5.74) is 4.72. The topological polar surface area (TPSA) is 89.2 Å². The van der Waals surface area contributed by atoms with Gasteiger partial charge in [-0.15, -0.1) is 0 Å². The Labute approximate surface area is 141 Å². The van der Waals surface area contributed by atoms with Crippen molar-refractivity contribution < 1.29 is 8.42 Å². The number of nitrogens with two attached hydrogens (primary N) is 1. The first kappa shape index (κ1) is 16.6.